The van der Waals surface area contributed by atoms with Crippen molar-refractivity contribution in [3.05, 3.63) is 46.0 Å². The molecule has 0 aliphatic carbocycles. The number of nitrogen functional groups attached to an aromatic ring is 1. The summed E-state index contributed by atoms with van der Waals surface area (Å²) in [6, 6.07) is 1.82. The Morgan fingerprint density at radius 2 is 1.97 bits per heavy atom. The van der Waals surface area contributed by atoms with Crippen LogP contribution in [0.25, 0.3) is 0 Å². The van der Waals surface area contributed by atoms with Crippen molar-refractivity contribution in [1.29, 1.82) is 0 Å². The van der Waals surface area contributed by atoms with Crippen LogP contribution in [0.4, 0.5) is 11.6 Å². The van der Waals surface area contributed by atoms with Gasteiger partial charge in [-0.2, -0.15) is 5.10 Å². The molecule has 8 nitrogen and oxygen atoms in total. The van der Waals surface area contributed by atoms with E-state index in [4.69, 9.17) is 23.1 Å². The number of rotatable bonds is 3. The number of anilines is 2. The van der Waals surface area contributed by atoms with Gasteiger partial charge in [-0.05, 0) is 34.8 Å². The molecule has 0 bridgehead atoms. The molecule has 1 fully saturated rings. The van der Waals surface area contributed by atoms with Crippen LogP contribution >= 0.6 is 39.3 Å². The first-order valence-corrected chi connectivity index (χ1v) is 11.6. The number of halogens is 2. The first-order chi connectivity index (χ1) is 14.5. The lowest BCUT2D eigenvalue weighted by molar-refractivity contribution is 0.170. The molecule has 5 rings (SSSR count). The molecule has 4 N–H and O–H groups in total. The summed E-state index contributed by atoms with van der Waals surface area (Å²) in [6.45, 7) is 2.66. The Bertz CT molecular complexity index is 1080. The fourth-order valence-corrected chi connectivity index (χ4v) is 5.83. The predicted octanol–water partition coefficient (Wildman–Crippen LogP) is 3.52. The fraction of sp³-hybridized carbons (Fsp3) is 0.368. The topological polar surface area (TPSA) is 112 Å². The lowest BCUT2D eigenvalue weighted by Crippen LogP contribution is -2.45. The van der Waals surface area contributed by atoms with Crippen LogP contribution in [0.3, 0.4) is 0 Å². The minimum Gasteiger partial charge on any atom is -0.382 e. The van der Waals surface area contributed by atoms with Crippen molar-refractivity contribution in [3.8, 4) is 0 Å². The zero-order valence-corrected chi connectivity index (χ0v) is 19.2. The highest BCUT2D eigenvalue weighted by molar-refractivity contribution is 9.10. The van der Waals surface area contributed by atoms with E-state index in [9.17, 15) is 0 Å². The Kier molecular flexibility index (Phi) is 5.12. The highest BCUT2D eigenvalue weighted by Gasteiger charge is 2.48. The Morgan fingerprint density at radius 1 is 1.17 bits per heavy atom. The minimum absolute atomic E-state index is 0.000989. The van der Waals surface area contributed by atoms with Crippen LogP contribution < -0.4 is 16.4 Å². The second-order valence-electron chi connectivity index (χ2n) is 7.69. The van der Waals surface area contributed by atoms with Crippen LogP contribution in [0.2, 0.25) is 5.02 Å². The molecule has 2 aliphatic heterocycles. The Balaban J connectivity index is 1.25. The summed E-state index contributed by atoms with van der Waals surface area (Å²) in [5.41, 5.74) is 13.6. The van der Waals surface area contributed by atoms with E-state index in [-0.39, 0.29) is 11.5 Å². The van der Waals surface area contributed by atoms with Crippen molar-refractivity contribution in [1.82, 2.24) is 24.7 Å². The number of fused-ring (bicyclic) bond motifs is 1. The van der Waals surface area contributed by atoms with Crippen molar-refractivity contribution in [2.24, 2.45) is 11.1 Å². The molecule has 2 aliphatic rings. The molecule has 3 aromatic rings. The van der Waals surface area contributed by atoms with Gasteiger partial charge in [-0.25, -0.2) is 15.0 Å². The monoisotopic (exact) mass is 506 g/mol. The third-order valence-corrected chi connectivity index (χ3v) is 8.15. The normalized spacial score (nSPS) is 20.0. The van der Waals surface area contributed by atoms with Gasteiger partial charge in [-0.1, -0.05) is 23.4 Å². The maximum atomic E-state index is 6.64. The van der Waals surface area contributed by atoms with Crippen LogP contribution in [-0.2, 0) is 6.54 Å². The summed E-state index contributed by atoms with van der Waals surface area (Å²) in [5, 5.41) is 5.66. The smallest absolute Gasteiger partial charge is 0.147 e. The van der Waals surface area contributed by atoms with Gasteiger partial charge in [0.05, 0.1) is 39.8 Å². The number of piperidine rings is 1. The molecule has 156 valence electrons. The van der Waals surface area contributed by atoms with Crippen molar-refractivity contribution in [3.63, 3.8) is 0 Å². The third kappa shape index (κ3) is 3.35. The first-order valence-electron chi connectivity index (χ1n) is 9.58. The number of pyridine rings is 1. The predicted molar refractivity (Wildman–Crippen MR) is 121 cm³/mol. The quantitative estimate of drug-likeness (QED) is 0.554. The largest absolute Gasteiger partial charge is 0.382 e. The van der Waals surface area contributed by atoms with Crippen molar-refractivity contribution in [2.75, 3.05) is 23.7 Å². The number of nitrogens with zero attached hydrogens (tertiary/aromatic N) is 6. The van der Waals surface area contributed by atoms with E-state index in [1.165, 1.54) is 11.8 Å². The Hall–Kier alpha value is -1.88. The van der Waals surface area contributed by atoms with Gasteiger partial charge in [0.1, 0.15) is 16.7 Å². The summed E-state index contributed by atoms with van der Waals surface area (Å²) in [5.74, 6) is 1.19. The van der Waals surface area contributed by atoms with Crippen LogP contribution in [-0.4, -0.2) is 37.8 Å². The number of nitrogens with two attached hydrogens (primary N) is 2. The lowest BCUT2D eigenvalue weighted by Gasteiger charge is -2.41. The first kappa shape index (κ1) is 20.0. The molecular weight excluding hydrogens is 488 g/mol. The van der Waals surface area contributed by atoms with Gasteiger partial charge in [0.15, 0.2) is 0 Å². The number of hydrogen-bond donors (Lipinski definition) is 2. The third-order valence-electron chi connectivity index (χ3n) is 6.05. The molecule has 5 heterocycles. The summed E-state index contributed by atoms with van der Waals surface area (Å²) >= 11 is 11.2. The molecule has 0 saturated carbocycles. The van der Waals surface area contributed by atoms with Crippen LogP contribution in [0.5, 0.6) is 0 Å². The van der Waals surface area contributed by atoms with E-state index >= 15 is 0 Å². The molecule has 30 heavy (non-hydrogen) atoms. The second-order valence-corrected chi connectivity index (χ2v) is 9.98. The van der Waals surface area contributed by atoms with E-state index in [0.717, 1.165) is 58.4 Å². The maximum Gasteiger partial charge on any atom is 0.147 e. The van der Waals surface area contributed by atoms with E-state index in [1.54, 1.807) is 12.4 Å². The van der Waals surface area contributed by atoms with E-state index in [1.807, 2.05) is 23.1 Å². The van der Waals surface area contributed by atoms with Crippen molar-refractivity contribution in [2.45, 2.75) is 35.3 Å². The molecule has 1 saturated heterocycles. The second kappa shape index (κ2) is 7.67. The molecule has 1 atom stereocenters. The molecule has 0 radical (unpaired) electrons. The molecule has 11 heteroatoms. The molecule has 0 unspecified atom stereocenters. The lowest BCUT2D eigenvalue weighted by atomic mass is 9.73. The summed E-state index contributed by atoms with van der Waals surface area (Å²) in [4.78, 5) is 16.2. The highest BCUT2D eigenvalue weighted by atomic mass is 79.9. The standard InChI is InChI=1S/C19H20BrClN8S/c20-11-7-27-29-10-19(17(22)16(11)29)2-5-28(6-3-19)13-8-26-14(9-25-13)30-12-1-4-24-18(23)15(12)21/h1,4,7-9,17H,2-3,5-6,10,22H2,(H2,23,24)/t17-/m1/s1. The van der Waals surface area contributed by atoms with Gasteiger partial charge in [-0.15, -0.1) is 0 Å². The van der Waals surface area contributed by atoms with E-state index < -0.39 is 0 Å². The van der Waals surface area contributed by atoms with Gasteiger partial charge in [0.2, 0.25) is 0 Å². The van der Waals surface area contributed by atoms with Gasteiger partial charge < -0.3 is 16.4 Å². The van der Waals surface area contributed by atoms with Crippen LogP contribution in [0.15, 0.2) is 45.2 Å². The molecular formula is C19H20BrClN8S. The van der Waals surface area contributed by atoms with Gasteiger partial charge >= 0.3 is 0 Å². The summed E-state index contributed by atoms with van der Waals surface area (Å²) in [7, 11) is 0. The molecule has 1 spiro atoms. The molecule has 3 aromatic heterocycles. The highest BCUT2D eigenvalue weighted by Crippen LogP contribution is 2.49. The van der Waals surface area contributed by atoms with Gasteiger partial charge in [0.25, 0.3) is 0 Å². The van der Waals surface area contributed by atoms with E-state index in [0.29, 0.717) is 10.8 Å². The van der Waals surface area contributed by atoms with Crippen LogP contribution in [0.1, 0.15) is 24.6 Å². The molecule has 0 amide bonds. The molecule has 0 aromatic carbocycles. The van der Waals surface area contributed by atoms with Crippen LogP contribution in [0, 0.1) is 5.41 Å². The van der Waals surface area contributed by atoms with Crippen molar-refractivity contribution >= 4 is 50.9 Å². The van der Waals surface area contributed by atoms with Gasteiger partial charge in [0, 0.05) is 36.1 Å². The Labute approximate surface area is 191 Å². The fourth-order valence-electron chi connectivity index (χ4n) is 4.30. The van der Waals surface area contributed by atoms with E-state index in [2.05, 4.69) is 40.9 Å². The Morgan fingerprint density at radius 3 is 2.67 bits per heavy atom. The zero-order chi connectivity index (χ0) is 20.9. The number of aromatic nitrogens is 5. The van der Waals surface area contributed by atoms with Gasteiger partial charge in [-0.3, -0.25) is 4.68 Å². The number of hydrogen-bond acceptors (Lipinski definition) is 8. The minimum atomic E-state index is -0.000989. The zero-order valence-electron chi connectivity index (χ0n) is 16.0. The summed E-state index contributed by atoms with van der Waals surface area (Å²) in [6.07, 6.45) is 9.04. The van der Waals surface area contributed by atoms with Crippen molar-refractivity contribution < 1.29 is 0 Å². The SMILES string of the molecule is Nc1nccc(Sc2cnc(N3CCC4(CC3)Cn3ncc(Br)c3[C@H]4N)cn2)c1Cl. The average molecular weight is 508 g/mol. The average Bonchev–Trinajstić information content (AvgIpc) is 3.24. The summed E-state index contributed by atoms with van der Waals surface area (Å²) < 4.78 is 3.05. The maximum absolute atomic E-state index is 6.64.